The van der Waals surface area contributed by atoms with Crippen LogP contribution in [0.5, 0.6) is 0 Å². The number of benzene rings is 2. The minimum Gasteiger partial charge on any atom is -0.355 e. The molecule has 0 spiro atoms. The summed E-state index contributed by atoms with van der Waals surface area (Å²) in [6.45, 7) is 4.08. The van der Waals surface area contributed by atoms with Crippen LogP contribution in [0.25, 0.3) is 0 Å². The summed E-state index contributed by atoms with van der Waals surface area (Å²) in [7, 11) is -3.63. The Morgan fingerprint density at radius 3 is 2.52 bits per heavy atom. The second-order valence-electron chi connectivity index (χ2n) is 7.26. The average Bonchev–Trinajstić information content (AvgIpc) is 3.03. The number of halogens is 1. The van der Waals surface area contributed by atoms with Crippen molar-refractivity contribution < 1.29 is 22.4 Å². The maximum Gasteiger partial charge on any atom is 0.227 e. The van der Waals surface area contributed by atoms with Crippen LogP contribution >= 0.6 is 0 Å². The molecule has 1 N–H and O–H groups in total. The molecule has 0 unspecified atom stereocenters. The number of carbonyl (C=O) groups is 2. The first-order valence-corrected chi connectivity index (χ1v) is 11.0. The van der Waals surface area contributed by atoms with Crippen LogP contribution in [0.4, 0.5) is 10.1 Å². The summed E-state index contributed by atoms with van der Waals surface area (Å²) in [6.07, 6.45) is 0.0872. The van der Waals surface area contributed by atoms with Crippen molar-refractivity contribution in [1.29, 1.82) is 0 Å². The molecule has 0 radical (unpaired) electrons. The number of hydrogen-bond acceptors (Lipinski definition) is 4. The molecule has 2 amide bonds. The van der Waals surface area contributed by atoms with Gasteiger partial charge in [0.25, 0.3) is 0 Å². The van der Waals surface area contributed by atoms with E-state index in [9.17, 15) is 22.4 Å². The van der Waals surface area contributed by atoms with Crippen LogP contribution in [0.2, 0.25) is 0 Å². The normalized spacial score (nSPS) is 16.9. The van der Waals surface area contributed by atoms with Crippen LogP contribution in [0.1, 0.15) is 17.5 Å². The molecule has 1 saturated heterocycles. The molecule has 29 heavy (non-hydrogen) atoms. The van der Waals surface area contributed by atoms with Gasteiger partial charge in [-0.2, -0.15) is 0 Å². The molecule has 2 aromatic carbocycles. The van der Waals surface area contributed by atoms with Gasteiger partial charge in [-0.15, -0.1) is 0 Å². The fourth-order valence-electron chi connectivity index (χ4n) is 3.44. The number of aryl methyl sites for hydroxylation is 2. The first-order chi connectivity index (χ1) is 13.7. The highest BCUT2D eigenvalue weighted by Crippen LogP contribution is 2.28. The molecule has 1 fully saturated rings. The lowest BCUT2D eigenvalue weighted by Gasteiger charge is -2.19. The summed E-state index contributed by atoms with van der Waals surface area (Å²) in [5, 5.41) is 2.61. The molecule has 1 aliphatic rings. The zero-order valence-corrected chi connectivity index (χ0v) is 17.1. The second-order valence-corrected chi connectivity index (χ2v) is 9.37. The molecule has 0 bridgehead atoms. The molecule has 0 aliphatic carbocycles. The number of sulfone groups is 1. The van der Waals surface area contributed by atoms with E-state index in [1.165, 1.54) is 12.1 Å². The van der Waals surface area contributed by atoms with Crippen LogP contribution in [-0.2, 0) is 19.4 Å². The molecule has 2 aromatic rings. The quantitative estimate of drug-likeness (QED) is 0.730. The third-order valence-electron chi connectivity index (χ3n) is 4.98. The standard InChI is InChI=1S/C21H23FN2O4S/c1-14-3-8-19(15(2)11-14)24-13-16(12-20(24)25)21(26)23-9-10-29(27,28)18-6-4-17(22)5-7-18/h3-8,11,16H,9-10,12-13H2,1-2H3,(H,23,26)/t16-/m1/s1. The van der Waals surface area contributed by atoms with Crippen molar-refractivity contribution in [3.63, 3.8) is 0 Å². The maximum absolute atomic E-state index is 13.0. The Labute approximate surface area is 169 Å². The van der Waals surface area contributed by atoms with Gasteiger partial charge >= 0.3 is 0 Å². The number of rotatable bonds is 6. The van der Waals surface area contributed by atoms with Gasteiger partial charge in [-0.1, -0.05) is 17.7 Å². The van der Waals surface area contributed by atoms with Crippen molar-refractivity contribution in [3.8, 4) is 0 Å². The molecule has 154 valence electrons. The Kier molecular flexibility index (Phi) is 6.02. The number of carbonyl (C=O) groups excluding carboxylic acids is 2. The largest absolute Gasteiger partial charge is 0.355 e. The average molecular weight is 418 g/mol. The Morgan fingerprint density at radius 2 is 1.86 bits per heavy atom. The lowest BCUT2D eigenvalue weighted by molar-refractivity contribution is -0.126. The molecule has 6 nitrogen and oxygen atoms in total. The Balaban J connectivity index is 1.57. The van der Waals surface area contributed by atoms with Gasteiger partial charge in [0.1, 0.15) is 5.82 Å². The number of anilines is 1. The Morgan fingerprint density at radius 1 is 1.17 bits per heavy atom. The fraction of sp³-hybridized carbons (Fsp3) is 0.333. The van der Waals surface area contributed by atoms with Gasteiger partial charge in [-0.3, -0.25) is 9.59 Å². The summed E-state index contributed by atoms with van der Waals surface area (Å²) >= 11 is 0. The molecule has 3 rings (SSSR count). The van der Waals surface area contributed by atoms with Crippen molar-refractivity contribution in [2.75, 3.05) is 23.7 Å². The molecule has 8 heteroatoms. The highest BCUT2D eigenvalue weighted by molar-refractivity contribution is 7.91. The first kappa shape index (κ1) is 21.0. The number of nitrogens with zero attached hydrogens (tertiary/aromatic N) is 1. The fourth-order valence-corrected chi connectivity index (χ4v) is 4.59. The second kappa shape index (κ2) is 8.32. The van der Waals surface area contributed by atoms with Crippen molar-refractivity contribution in [1.82, 2.24) is 5.32 Å². The van der Waals surface area contributed by atoms with E-state index >= 15 is 0 Å². The molecule has 0 aromatic heterocycles. The zero-order chi connectivity index (χ0) is 21.2. The van der Waals surface area contributed by atoms with E-state index in [0.717, 1.165) is 28.9 Å². The van der Waals surface area contributed by atoms with E-state index in [4.69, 9.17) is 0 Å². The molecule has 0 saturated carbocycles. The van der Waals surface area contributed by atoms with E-state index in [0.29, 0.717) is 0 Å². The van der Waals surface area contributed by atoms with Crippen molar-refractivity contribution >= 4 is 27.3 Å². The summed E-state index contributed by atoms with van der Waals surface area (Å²) in [5.74, 6) is -1.82. The number of nitrogens with one attached hydrogen (secondary N) is 1. The zero-order valence-electron chi connectivity index (χ0n) is 16.3. The van der Waals surface area contributed by atoms with Gasteiger partial charge in [-0.25, -0.2) is 12.8 Å². The predicted molar refractivity (Wildman–Crippen MR) is 108 cm³/mol. The van der Waals surface area contributed by atoms with Crippen LogP contribution in [0.15, 0.2) is 47.4 Å². The maximum atomic E-state index is 13.0. The summed E-state index contributed by atoms with van der Waals surface area (Å²) in [4.78, 5) is 26.4. The van der Waals surface area contributed by atoms with E-state index in [1.807, 2.05) is 32.0 Å². The lowest BCUT2D eigenvalue weighted by Crippen LogP contribution is -2.35. The van der Waals surface area contributed by atoms with Crippen molar-refractivity contribution in [2.24, 2.45) is 5.92 Å². The number of amides is 2. The van der Waals surface area contributed by atoms with Gasteiger partial charge < -0.3 is 10.2 Å². The smallest absolute Gasteiger partial charge is 0.227 e. The molecule has 1 heterocycles. The van der Waals surface area contributed by atoms with E-state index in [2.05, 4.69) is 5.32 Å². The van der Waals surface area contributed by atoms with Crippen LogP contribution < -0.4 is 10.2 Å². The Bertz CT molecular complexity index is 1040. The van der Waals surface area contributed by atoms with Gasteiger partial charge in [-0.05, 0) is 49.7 Å². The van der Waals surface area contributed by atoms with Gasteiger partial charge in [0.2, 0.25) is 11.8 Å². The third kappa shape index (κ3) is 4.82. The highest BCUT2D eigenvalue weighted by atomic mass is 32.2. The van der Waals surface area contributed by atoms with E-state index in [1.54, 1.807) is 4.90 Å². The van der Waals surface area contributed by atoms with E-state index < -0.39 is 21.6 Å². The summed E-state index contributed by atoms with van der Waals surface area (Å²) < 4.78 is 37.5. The van der Waals surface area contributed by atoms with Gasteiger partial charge in [0.05, 0.1) is 16.6 Å². The van der Waals surface area contributed by atoms with Gasteiger partial charge in [0, 0.05) is 25.2 Å². The Hall–Kier alpha value is -2.74. The van der Waals surface area contributed by atoms with E-state index in [-0.39, 0.29) is 42.0 Å². The minimum atomic E-state index is -3.63. The summed E-state index contributed by atoms with van der Waals surface area (Å²) in [5.41, 5.74) is 2.84. The third-order valence-corrected chi connectivity index (χ3v) is 6.71. The topological polar surface area (TPSA) is 83.6 Å². The molecule has 1 atom stereocenters. The predicted octanol–water partition coefficient (Wildman–Crippen LogP) is 2.39. The number of hydrogen-bond donors (Lipinski definition) is 1. The van der Waals surface area contributed by atoms with Gasteiger partial charge in [0.15, 0.2) is 9.84 Å². The highest BCUT2D eigenvalue weighted by Gasteiger charge is 2.35. The van der Waals surface area contributed by atoms with Crippen LogP contribution in [-0.4, -0.2) is 39.1 Å². The molecular formula is C21H23FN2O4S. The molecule has 1 aliphatic heterocycles. The monoisotopic (exact) mass is 418 g/mol. The van der Waals surface area contributed by atoms with Crippen molar-refractivity contribution in [2.45, 2.75) is 25.2 Å². The lowest BCUT2D eigenvalue weighted by atomic mass is 10.1. The van der Waals surface area contributed by atoms with Crippen molar-refractivity contribution in [3.05, 3.63) is 59.4 Å². The molecular weight excluding hydrogens is 395 g/mol. The minimum absolute atomic E-state index is 0.00483. The van der Waals surface area contributed by atoms with Crippen LogP contribution in [0, 0.1) is 25.6 Å². The SMILES string of the molecule is Cc1ccc(N2C[C@H](C(=O)NCCS(=O)(=O)c3ccc(F)cc3)CC2=O)c(C)c1. The first-order valence-electron chi connectivity index (χ1n) is 9.31. The summed E-state index contributed by atoms with van der Waals surface area (Å²) in [6, 6.07) is 10.3. The van der Waals surface area contributed by atoms with Crippen LogP contribution in [0.3, 0.4) is 0 Å².